The van der Waals surface area contributed by atoms with Gasteiger partial charge in [0, 0.05) is 43.9 Å². The summed E-state index contributed by atoms with van der Waals surface area (Å²) < 4.78 is 0. The molecular formula is C17H24N4O4. The van der Waals surface area contributed by atoms with Gasteiger partial charge in [0.1, 0.15) is 0 Å². The van der Waals surface area contributed by atoms with Gasteiger partial charge in [0.25, 0.3) is 5.56 Å². The number of carbonyl (C=O) groups excluding carboxylic acids is 2. The highest BCUT2D eigenvalue weighted by atomic mass is 16.2. The van der Waals surface area contributed by atoms with Crippen molar-refractivity contribution in [3.8, 4) is 0 Å². The minimum atomic E-state index is -0.579. The summed E-state index contributed by atoms with van der Waals surface area (Å²) in [7, 11) is 0. The second-order valence-corrected chi connectivity index (χ2v) is 6.86. The van der Waals surface area contributed by atoms with Crippen molar-refractivity contribution in [1.82, 2.24) is 19.8 Å². The van der Waals surface area contributed by atoms with E-state index < -0.39 is 11.2 Å². The number of nitrogens with one attached hydrogen (secondary N) is 2. The number of H-pyrrole nitrogens is 2. The van der Waals surface area contributed by atoms with Crippen LogP contribution in [-0.4, -0.2) is 57.3 Å². The summed E-state index contributed by atoms with van der Waals surface area (Å²) in [5.41, 5.74) is -0.840. The lowest BCUT2D eigenvalue weighted by atomic mass is 9.83. The molecule has 8 heteroatoms. The van der Waals surface area contributed by atoms with Crippen molar-refractivity contribution in [3.63, 3.8) is 0 Å². The number of hydrogen-bond acceptors (Lipinski definition) is 4. The Morgan fingerprint density at radius 3 is 2.80 bits per heavy atom. The van der Waals surface area contributed by atoms with Gasteiger partial charge in [-0.05, 0) is 25.2 Å². The van der Waals surface area contributed by atoms with Gasteiger partial charge in [-0.1, -0.05) is 6.92 Å². The number of piperidine rings is 2. The Hall–Kier alpha value is -2.38. The predicted octanol–water partition coefficient (Wildman–Crippen LogP) is -0.145. The molecule has 25 heavy (non-hydrogen) atoms. The number of fused-ring (bicyclic) bond motifs is 1. The molecule has 136 valence electrons. The summed E-state index contributed by atoms with van der Waals surface area (Å²) in [6, 6.07) is 0.224. The zero-order valence-corrected chi connectivity index (χ0v) is 14.4. The van der Waals surface area contributed by atoms with Crippen molar-refractivity contribution < 1.29 is 9.59 Å². The van der Waals surface area contributed by atoms with Crippen molar-refractivity contribution in [2.75, 3.05) is 19.6 Å². The average Bonchev–Trinajstić information content (AvgIpc) is 2.59. The molecule has 1 aromatic heterocycles. The fourth-order valence-corrected chi connectivity index (χ4v) is 3.95. The van der Waals surface area contributed by atoms with E-state index in [2.05, 4.69) is 16.9 Å². The zero-order valence-electron chi connectivity index (χ0n) is 14.4. The first kappa shape index (κ1) is 17.4. The van der Waals surface area contributed by atoms with Gasteiger partial charge in [0.05, 0.1) is 6.42 Å². The molecule has 2 aliphatic heterocycles. The van der Waals surface area contributed by atoms with E-state index in [4.69, 9.17) is 0 Å². The number of nitrogens with zero attached hydrogens (tertiary/aromatic N) is 2. The van der Waals surface area contributed by atoms with E-state index in [0.717, 1.165) is 25.8 Å². The van der Waals surface area contributed by atoms with Crippen LogP contribution in [0.4, 0.5) is 0 Å². The van der Waals surface area contributed by atoms with Crippen LogP contribution in [0.3, 0.4) is 0 Å². The van der Waals surface area contributed by atoms with Crippen LogP contribution < -0.4 is 11.2 Å². The number of aromatic nitrogens is 2. The van der Waals surface area contributed by atoms with E-state index in [1.165, 1.54) is 6.20 Å². The standard InChI is InChI=1S/C17H24N4O4/c1-2-6-21-13-5-7-20(10-11(13)3-4-14(21)22)15(23)8-12-9-18-17(25)19-16(12)24/h9,11,13H,2-8,10H2,1H3,(H2,18,19,24,25)/t11-,13+/m0/s1. The highest BCUT2D eigenvalue weighted by Crippen LogP contribution is 2.31. The van der Waals surface area contributed by atoms with Gasteiger partial charge in [0.2, 0.25) is 11.8 Å². The Kier molecular flexibility index (Phi) is 5.06. The van der Waals surface area contributed by atoms with Crippen LogP contribution in [0, 0.1) is 5.92 Å². The third kappa shape index (κ3) is 3.67. The van der Waals surface area contributed by atoms with Crippen molar-refractivity contribution in [3.05, 3.63) is 32.6 Å². The Morgan fingerprint density at radius 1 is 1.28 bits per heavy atom. The van der Waals surface area contributed by atoms with E-state index >= 15 is 0 Å². The van der Waals surface area contributed by atoms with Gasteiger partial charge >= 0.3 is 5.69 Å². The Balaban J connectivity index is 1.66. The number of hydrogen-bond donors (Lipinski definition) is 2. The Morgan fingerprint density at radius 2 is 2.08 bits per heavy atom. The van der Waals surface area contributed by atoms with E-state index in [-0.39, 0.29) is 29.8 Å². The smallest absolute Gasteiger partial charge is 0.325 e. The van der Waals surface area contributed by atoms with Crippen LogP contribution in [0.2, 0.25) is 0 Å². The van der Waals surface area contributed by atoms with Crippen LogP contribution in [0.5, 0.6) is 0 Å². The average molecular weight is 348 g/mol. The highest BCUT2D eigenvalue weighted by molar-refractivity contribution is 5.79. The van der Waals surface area contributed by atoms with Crippen molar-refractivity contribution in [2.24, 2.45) is 5.92 Å². The Bertz CT molecular complexity index is 768. The maximum atomic E-state index is 12.6. The van der Waals surface area contributed by atoms with Gasteiger partial charge < -0.3 is 14.8 Å². The first-order valence-corrected chi connectivity index (χ1v) is 8.87. The predicted molar refractivity (Wildman–Crippen MR) is 91.1 cm³/mol. The maximum Gasteiger partial charge on any atom is 0.325 e. The lowest BCUT2D eigenvalue weighted by Gasteiger charge is -2.47. The van der Waals surface area contributed by atoms with Crippen molar-refractivity contribution in [1.29, 1.82) is 0 Å². The molecule has 0 aliphatic carbocycles. The lowest BCUT2D eigenvalue weighted by Crippen LogP contribution is -2.57. The summed E-state index contributed by atoms with van der Waals surface area (Å²) >= 11 is 0. The van der Waals surface area contributed by atoms with Crippen LogP contribution in [0.1, 0.15) is 38.2 Å². The van der Waals surface area contributed by atoms with Gasteiger partial charge in [-0.15, -0.1) is 0 Å². The van der Waals surface area contributed by atoms with Crippen LogP contribution in [0.25, 0.3) is 0 Å². The third-order valence-corrected chi connectivity index (χ3v) is 5.20. The second kappa shape index (κ2) is 7.25. The molecule has 0 unspecified atom stereocenters. The molecule has 2 atom stereocenters. The summed E-state index contributed by atoms with van der Waals surface area (Å²) in [6.07, 6.45) is 4.35. The van der Waals surface area contributed by atoms with Crippen LogP contribution >= 0.6 is 0 Å². The molecule has 2 fully saturated rings. The van der Waals surface area contributed by atoms with Gasteiger partial charge in [-0.25, -0.2) is 4.79 Å². The first-order chi connectivity index (χ1) is 12.0. The zero-order chi connectivity index (χ0) is 18.0. The van der Waals surface area contributed by atoms with Gasteiger partial charge in [-0.2, -0.15) is 0 Å². The molecule has 0 saturated carbocycles. The second-order valence-electron chi connectivity index (χ2n) is 6.86. The largest absolute Gasteiger partial charge is 0.342 e. The monoisotopic (exact) mass is 348 g/mol. The van der Waals surface area contributed by atoms with Crippen LogP contribution in [0.15, 0.2) is 15.8 Å². The van der Waals surface area contributed by atoms with Crippen molar-refractivity contribution >= 4 is 11.8 Å². The molecule has 3 heterocycles. The maximum absolute atomic E-state index is 12.6. The van der Waals surface area contributed by atoms with Crippen molar-refractivity contribution in [2.45, 2.75) is 45.1 Å². The number of amides is 2. The van der Waals surface area contributed by atoms with Crippen LogP contribution in [-0.2, 0) is 16.0 Å². The minimum Gasteiger partial charge on any atom is -0.342 e. The highest BCUT2D eigenvalue weighted by Gasteiger charge is 2.39. The van der Waals surface area contributed by atoms with E-state index in [9.17, 15) is 19.2 Å². The SMILES string of the molecule is CCCN1C(=O)CC[C@H]2CN(C(=O)Cc3c[nH]c(=O)[nH]c3=O)CC[C@H]21. The summed E-state index contributed by atoms with van der Waals surface area (Å²) in [6.45, 7) is 4.06. The van der Waals surface area contributed by atoms with E-state index in [1.807, 2.05) is 4.90 Å². The molecule has 2 saturated heterocycles. The topological polar surface area (TPSA) is 106 Å². The lowest BCUT2D eigenvalue weighted by molar-refractivity contribution is -0.144. The molecule has 0 spiro atoms. The summed E-state index contributed by atoms with van der Waals surface area (Å²) in [5.74, 6) is 0.411. The molecule has 3 rings (SSSR count). The quantitative estimate of drug-likeness (QED) is 0.789. The number of aromatic amines is 2. The Labute approximate surface area is 145 Å². The summed E-state index contributed by atoms with van der Waals surface area (Å²) in [5, 5.41) is 0. The van der Waals surface area contributed by atoms with E-state index in [0.29, 0.717) is 25.4 Å². The van der Waals surface area contributed by atoms with Gasteiger partial charge in [0.15, 0.2) is 0 Å². The molecule has 2 N–H and O–H groups in total. The molecule has 0 aromatic carbocycles. The normalized spacial score (nSPS) is 23.5. The molecule has 2 aliphatic rings. The fraction of sp³-hybridized carbons (Fsp3) is 0.647. The first-order valence-electron chi connectivity index (χ1n) is 8.87. The molecule has 1 aromatic rings. The number of rotatable bonds is 4. The van der Waals surface area contributed by atoms with Gasteiger partial charge in [-0.3, -0.25) is 19.4 Å². The molecular weight excluding hydrogens is 324 g/mol. The number of likely N-dealkylation sites (tertiary alicyclic amines) is 2. The molecule has 8 nitrogen and oxygen atoms in total. The third-order valence-electron chi connectivity index (χ3n) is 5.20. The molecule has 0 radical (unpaired) electrons. The summed E-state index contributed by atoms with van der Waals surface area (Å²) in [4.78, 5) is 55.8. The molecule has 2 amide bonds. The van der Waals surface area contributed by atoms with E-state index in [1.54, 1.807) is 4.90 Å². The number of carbonyl (C=O) groups is 2. The minimum absolute atomic E-state index is 0.0267. The fourth-order valence-electron chi connectivity index (χ4n) is 3.95. The molecule has 0 bridgehead atoms.